The summed E-state index contributed by atoms with van der Waals surface area (Å²) < 4.78 is 5.19. The third kappa shape index (κ3) is 3.30. The largest absolute Gasteiger partial charge is 0.469 e. The van der Waals surface area contributed by atoms with E-state index in [1.807, 2.05) is 0 Å². The fourth-order valence-corrected chi connectivity index (χ4v) is 10.7. The first-order chi connectivity index (χ1) is 16.9. The van der Waals surface area contributed by atoms with E-state index in [-0.39, 0.29) is 33.9 Å². The van der Waals surface area contributed by atoms with Crippen LogP contribution in [0.1, 0.15) is 92.9 Å². The average molecular weight is 492 g/mol. The Morgan fingerprint density at radius 3 is 2.47 bits per heavy atom. The minimum atomic E-state index is -0.502. The van der Waals surface area contributed by atoms with Crippen LogP contribution in [-0.2, 0) is 14.3 Å². The summed E-state index contributed by atoms with van der Waals surface area (Å²) in [6.45, 7) is 13.7. The molecule has 196 valence electrons. The van der Waals surface area contributed by atoms with Gasteiger partial charge >= 0.3 is 5.97 Å². The molecule has 5 rings (SSSR count). The maximum absolute atomic E-state index is 13.2. The number of hydrogen-bond donors (Lipinski definition) is 0. The van der Waals surface area contributed by atoms with E-state index in [2.05, 4.69) is 59.8 Å². The van der Waals surface area contributed by atoms with Gasteiger partial charge < -0.3 is 4.74 Å². The maximum Gasteiger partial charge on any atom is 0.306 e. The molecule has 0 amide bonds. The molecule has 0 aromatic heterocycles. The number of rotatable bonds is 3. The normalized spacial score (nSPS) is 44.9. The number of Topliss-reactive ketones (excluding diaryl/α,β-unsaturated/α-hetero) is 1. The lowest BCUT2D eigenvalue weighted by atomic mass is 9.38. The minimum Gasteiger partial charge on any atom is -0.469 e. The molecule has 5 aliphatic rings. The summed E-state index contributed by atoms with van der Waals surface area (Å²) in [6.07, 6.45) is 12.9. The summed E-state index contributed by atoms with van der Waals surface area (Å²) in [7, 11) is 1.53. The molecule has 3 fully saturated rings. The second-order valence-corrected chi connectivity index (χ2v) is 14.3. The predicted molar refractivity (Wildman–Crippen MR) is 140 cm³/mol. The summed E-state index contributed by atoms with van der Waals surface area (Å²) in [4.78, 5) is 25.8. The SMILES string of the molecule is COC(=O)CC12CC=C3C(CCC4C3(C)CCC3C(C)(C)C(=O)C(C#N)=CC34C)C1C(C(C)C)CC2. The number of allylic oxidation sites excluding steroid dienone is 4. The molecule has 3 saturated carbocycles. The Hall–Kier alpha value is -1.89. The summed E-state index contributed by atoms with van der Waals surface area (Å²) in [6, 6.07) is 2.26. The van der Waals surface area contributed by atoms with E-state index < -0.39 is 5.41 Å². The van der Waals surface area contributed by atoms with Crippen LogP contribution in [0, 0.1) is 68.5 Å². The smallest absolute Gasteiger partial charge is 0.306 e. The highest BCUT2D eigenvalue weighted by atomic mass is 16.5. The first-order valence-electron chi connectivity index (χ1n) is 14.3. The summed E-state index contributed by atoms with van der Waals surface area (Å²) >= 11 is 0. The van der Waals surface area contributed by atoms with E-state index in [0.717, 1.165) is 38.5 Å². The van der Waals surface area contributed by atoms with Crippen molar-refractivity contribution < 1.29 is 14.3 Å². The van der Waals surface area contributed by atoms with Gasteiger partial charge in [-0.3, -0.25) is 9.59 Å². The molecule has 4 heteroatoms. The highest BCUT2D eigenvalue weighted by Crippen LogP contribution is 2.72. The van der Waals surface area contributed by atoms with Gasteiger partial charge in [0, 0.05) is 5.41 Å². The molecule has 8 atom stereocenters. The van der Waals surface area contributed by atoms with Gasteiger partial charge in [-0.15, -0.1) is 0 Å². The van der Waals surface area contributed by atoms with Crippen molar-refractivity contribution in [1.29, 1.82) is 5.26 Å². The molecule has 0 radical (unpaired) electrons. The van der Waals surface area contributed by atoms with Crippen LogP contribution in [0.3, 0.4) is 0 Å². The third-order valence-electron chi connectivity index (χ3n) is 12.2. The molecule has 0 spiro atoms. The standard InChI is InChI=1S/C32H45NO3/c1-19(2)21-10-14-32(17-26(34)36-7)15-11-23-22(27(21)32)8-9-25-30(23,5)13-12-24-29(3,4)28(35)20(18-33)16-31(24,25)6/h11,16,19,21-22,24-25,27H,8-10,12-15,17H2,1-7H3. The molecule has 0 aliphatic heterocycles. The van der Waals surface area contributed by atoms with Crippen LogP contribution in [0.25, 0.3) is 0 Å². The van der Waals surface area contributed by atoms with E-state index >= 15 is 0 Å². The molecule has 0 aromatic rings. The van der Waals surface area contributed by atoms with Crippen LogP contribution < -0.4 is 0 Å². The van der Waals surface area contributed by atoms with Gasteiger partial charge in [-0.1, -0.05) is 59.3 Å². The molecule has 0 saturated heterocycles. The quantitative estimate of drug-likeness (QED) is 0.313. The maximum atomic E-state index is 13.2. The Kier molecular flexibility index (Phi) is 5.94. The number of carbonyl (C=O) groups is 2. The van der Waals surface area contributed by atoms with E-state index in [0.29, 0.717) is 41.6 Å². The summed E-state index contributed by atoms with van der Waals surface area (Å²) in [5, 5.41) is 9.86. The molecule has 0 bridgehead atoms. The molecule has 4 nitrogen and oxygen atoms in total. The lowest BCUT2D eigenvalue weighted by molar-refractivity contribution is -0.147. The molecule has 8 unspecified atom stereocenters. The van der Waals surface area contributed by atoms with Gasteiger partial charge in [0.25, 0.3) is 0 Å². The van der Waals surface area contributed by atoms with Crippen LogP contribution in [0.2, 0.25) is 0 Å². The zero-order chi connectivity index (χ0) is 26.3. The first-order valence-corrected chi connectivity index (χ1v) is 14.3. The van der Waals surface area contributed by atoms with Crippen LogP contribution >= 0.6 is 0 Å². The molecule has 0 heterocycles. The topological polar surface area (TPSA) is 67.2 Å². The van der Waals surface area contributed by atoms with Crippen molar-refractivity contribution in [3.8, 4) is 6.07 Å². The van der Waals surface area contributed by atoms with Crippen LogP contribution in [0.4, 0.5) is 0 Å². The van der Waals surface area contributed by atoms with Crippen LogP contribution in [0.5, 0.6) is 0 Å². The zero-order valence-corrected chi connectivity index (χ0v) is 23.4. The van der Waals surface area contributed by atoms with Crippen molar-refractivity contribution in [3.05, 3.63) is 23.3 Å². The lowest BCUT2D eigenvalue weighted by Crippen LogP contribution is -2.59. The van der Waals surface area contributed by atoms with Gasteiger partial charge in [-0.2, -0.15) is 5.26 Å². The van der Waals surface area contributed by atoms with Crippen molar-refractivity contribution >= 4 is 11.8 Å². The van der Waals surface area contributed by atoms with Gasteiger partial charge in [-0.25, -0.2) is 0 Å². The fraction of sp³-hybridized carbons (Fsp3) is 0.781. The average Bonchev–Trinajstić information content (AvgIpc) is 3.21. The van der Waals surface area contributed by atoms with E-state index in [1.165, 1.54) is 13.5 Å². The first kappa shape index (κ1) is 25.7. The molecular weight excluding hydrogens is 446 g/mol. The van der Waals surface area contributed by atoms with E-state index in [4.69, 9.17) is 4.74 Å². The van der Waals surface area contributed by atoms with Crippen molar-refractivity contribution in [3.63, 3.8) is 0 Å². The number of fused-ring (bicyclic) bond motifs is 7. The van der Waals surface area contributed by atoms with Gasteiger partial charge in [0.15, 0.2) is 5.78 Å². The van der Waals surface area contributed by atoms with Crippen LogP contribution in [0.15, 0.2) is 23.3 Å². The number of esters is 1. The molecule has 0 aromatic carbocycles. The van der Waals surface area contributed by atoms with Crippen molar-refractivity contribution in [2.75, 3.05) is 7.11 Å². The zero-order valence-electron chi connectivity index (χ0n) is 23.4. The highest BCUT2D eigenvalue weighted by Gasteiger charge is 2.65. The molecule has 5 aliphatic carbocycles. The van der Waals surface area contributed by atoms with Crippen molar-refractivity contribution in [2.45, 2.75) is 92.9 Å². The molecule has 36 heavy (non-hydrogen) atoms. The molecular formula is C32H45NO3. The van der Waals surface area contributed by atoms with E-state index in [1.54, 1.807) is 5.57 Å². The monoisotopic (exact) mass is 491 g/mol. The van der Waals surface area contributed by atoms with Crippen LogP contribution in [-0.4, -0.2) is 18.9 Å². The van der Waals surface area contributed by atoms with E-state index in [9.17, 15) is 14.9 Å². The minimum absolute atomic E-state index is 0.0278. The Balaban J connectivity index is 1.58. The van der Waals surface area contributed by atoms with Crippen molar-refractivity contribution in [2.24, 2.45) is 57.2 Å². The second-order valence-electron chi connectivity index (χ2n) is 14.3. The molecule has 0 N–H and O–H groups in total. The Morgan fingerprint density at radius 2 is 1.83 bits per heavy atom. The third-order valence-corrected chi connectivity index (χ3v) is 12.2. The predicted octanol–water partition coefficient (Wildman–Crippen LogP) is 7.06. The fourth-order valence-electron chi connectivity index (χ4n) is 10.7. The number of ether oxygens (including phenoxy) is 1. The highest BCUT2D eigenvalue weighted by molar-refractivity contribution is 6.04. The van der Waals surface area contributed by atoms with Crippen molar-refractivity contribution in [1.82, 2.24) is 0 Å². The van der Waals surface area contributed by atoms with Gasteiger partial charge in [0.1, 0.15) is 6.07 Å². The Morgan fingerprint density at radius 1 is 1.11 bits per heavy atom. The summed E-state index contributed by atoms with van der Waals surface area (Å²) in [5.41, 5.74) is 1.46. The number of ketones is 1. The Bertz CT molecular complexity index is 1080. The van der Waals surface area contributed by atoms with Gasteiger partial charge in [0.05, 0.1) is 19.1 Å². The summed E-state index contributed by atoms with van der Waals surface area (Å²) in [5.74, 6) is 2.98. The lowest BCUT2D eigenvalue weighted by Gasteiger charge is -2.65. The number of methoxy groups -OCH3 is 1. The number of nitriles is 1. The number of hydrogen-bond acceptors (Lipinski definition) is 4. The number of nitrogens with zero attached hydrogens (tertiary/aromatic N) is 1. The second kappa shape index (κ2) is 8.31. The van der Waals surface area contributed by atoms with Gasteiger partial charge in [0.2, 0.25) is 0 Å². The van der Waals surface area contributed by atoms with Gasteiger partial charge in [-0.05, 0) is 96.7 Å². The number of carbonyl (C=O) groups excluding carboxylic acids is 2. The Labute approximate surface area is 217 Å².